The molecule has 2 N–H and O–H groups in total. The van der Waals surface area contributed by atoms with E-state index in [0.29, 0.717) is 9.50 Å². The highest BCUT2D eigenvalue weighted by Crippen LogP contribution is 2.29. The number of carbonyl (C=O) groups excluding carboxylic acids is 1. The first kappa shape index (κ1) is 15.3. The molecule has 1 amide bonds. The maximum atomic E-state index is 12.1. The second-order valence-electron chi connectivity index (χ2n) is 4.04. The fraction of sp³-hybridized carbons (Fsp3) is 0. The van der Waals surface area contributed by atoms with Gasteiger partial charge in [0.15, 0.2) is 0 Å². The summed E-state index contributed by atoms with van der Waals surface area (Å²) >= 11 is 9.03. The molecule has 0 atom stereocenters. The normalized spacial score (nSPS) is 10.2. The molecule has 0 aliphatic rings. The van der Waals surface area contributed by atoms with Crippen LogP contribution < -0.4 is 5.32 Å². The molecule has 0 heterocycles. The quantitative estimate of drug-likeness (QED) is 0.485. The standard InChI is InChI=1S/C13H8BrClN2O4/c14-9-5-7(1-3-10(9)15)13(19)16-11-6-8(17(20)21)2-4-12(11)18/h1-6,18H,(H,16,19). The maximum Gasteiger partial charge on any atom is 0.271 e. The van der Waals surface area contributed by atoms with Gasteiger partial charge in [0.2, 0.25) is 0 Å². The Morgan fingerprint density at radius 2 is 2.00 bits per heavy atom. The van der Waals surface area contributed by atoms with Gasteiger partial charge in [0.1, 0.15) is 5.75 Å². The van der Waals surface area contributed by atoms with Gasteiger partial charge in [-0.3, -0.25) is 14.9 Å². The van der Waals surface area contributed by atoms with Gasteiger partial charge in [0.25, 0.3) is 11.6 Å². The van der Waals surface area contributed by atoms with Crippen LogP contribution in [0.5, 0.6) is 5.75 Å². The summed E-state index contributed by atoms with van der Waals surface area (Å²) < 4.78 is 0.542. The van der Waals surface area contributed by atoms with Crippen LogP contribution in [0.3, 0.4) is 0 Å². The third kappa shape index (κ3) is 3.50. The number of anilines is 1. The molecule has 2 aromatic rings. The number of nitro groups is 1. The molecule has 2 rings (SSSR count). The minimum absolute atomic E-state index is 0.0414. The lowest BCUT2D eigenvalue weighted by Gasteiger charge is -2.08. The van der Waals surface area contributed by atoms with Crippen LogP contribution in [0, 0.1) is 10.1 Å². The minimum Gasteiger partial charge on any atom is -0.506 e. The van der Waals surface area contributed by atoms with Gasteiger partial charge in [0.05, 0.1) is 15.6 Å². The van der Waals surface area contributed by atoms with E-state index >= 15 is 0 Å². The minimum atomic E-state index is -0.617. The van der Waals surface area contributed by atoms with Crippen molar-refractivity contribution in [3.05, 3.63) is 61.6 Å². The fourth-order valence-electron chi connectivity index (χ4n) is 1.57. The van der Waals surface area contributed by atoms with Gasteiger partial charge in [-0.2, -0.15) is 0 Å². The topological polar surface area (TPSA) is 92.5 Å². The van der Waals surface area contributed by atoms with Crippen molar-refractivity contribution in [2.75, 3.05) is 5.32 Å². The van der Waals surface area contributed by atoms with E-state index in [4.69, 9.17) is 11.6 Å². The largest absolute Gasteiger partial charge is 0.506 e. The lowest BCUT2D eigenvalue weighted by molar-refractivity contribution is -0.384. The number of amides is 1. The third-order valence-corrected chi connectivity index (χ3v) is 3.83. The number of carbonyl (C=O) groups is 1. The number of nitrogens with zero attached hydrogens (tertiary/aromatic N) is 1. The maximum absolute atomic E-state index is 12.1. The second-order valence-corrected chi connectivity index (χ2v) is 5.30. The predicted octanol–water partition coefficient (Wildman–Crippen LogP) is 3.97. The third-order valence-electron chi connectivity index (χ3n) is 2.62. The van der Waals surface area contributed by atoms with Gasteiger partial charge in [-0.05, 0) is 40.2 Å². The molecule has 0 saturated carbocycles. The zero-order valence-electron chi connectivity index (χ0n) is 10.3. The van der Waals surface area contributed by atoms with E-state index in [0.717, 1.165) is 18.2 Å². The van der Waals surface area contributed by atoms with Gasteiger partial charge in [-0.1, -0.05) is 11.6 Å². The Kier molecular flexibility index (Phi) is 4.44. The highest BCUT2D eigenvalue weighted by atomic mass is 79.9. The Balaban J connectivity index is 2.28. The van der Waals surface area contributed by atoms with Gasteiger partial charge in [-0.25, -0.2) is 0 Å². The summed E-state index contributed by atoms with van der Waals surface area (Å²) in [4.78, 5) is 22.1. The summed E-state index contributed by atoms with van der Waals surface area (Å²) in [6.45, 7) is 0. The Labute approximate surface area is 132 Å². The first-order valence-corrected chi connectivity index (χ1v) is 6.79. The van der Waals surface area contributed by atoms with Gasteiger partial charge < -0.3 is 10.4 Å². The van der Waals surface area contributed by atoms with Crippen LogP contribution >= 0.6 is 27.5 Å². The Morgan fingerprint density at radius 1 is 1.29 bits per heavy atom. The van der Waals surface area contributed by atoms with Crippen LogP contribution in [-0.4, -0.2) is 15.9 Å². The smallest absolute Gasteiger partial charge is 0.271 e. The van der Waals surface area contributed by atoms with Gasteiger partial charge >= 0.3 is 0 Å². The number of aromatic hydroxyl groups is 1. The lowest BCUT2D eigenvalue weighted by atomic mass is 10.2. The molecule has 0 fully saturated rings. The van der Waals surface area contributed by atoms with Crippen LogP contribution in [-0.2, 0) is 0 Å². The Hall–Kier alpha value is -2.12. The number of phenolic OH excluding ortho intramolecular Hbond substituents is 1. The molecule has 0 unspecified atom stereocenters. The monoisotopic (exact) mass is 370 g/mol. The zero-order chi connectivity index (χ0) is 15.6. The van der Waals surface area contributed by atoms with Crippen LogP contribution in [0.15, 0.2) is 40.9 Å². The molecule has 21 heavy (non-hydrogen) atoms. The van der Waals surface area contributed by atoms with E-state index in [1.165, 1.54) is 18.2 Å². The summed E-state index contributed by atoms with van der Waals surface area (Å²) in [6.07, 6.45) is 0. The SMILES string of the molecule is O=C(Nc1cc([N+](=O)[O-])ccc1O)c1ccc(Cl)c(Br)c1. The molecule has 0 bridgehead atoms. The highest BCUT2D eigenvalue weighted by Gasteiger charge is 2.14. The Morgan fingerprint density at radius 3 is 2.62 bits per heavy atom. The molecule has 0 saturated heterocycles. The van der Waals surface area contributed by atoms with E-state index in [1.54, 1.807) is 0 Å². The molecular weight excluding hydrogens is 364 g/mol. The summed E-state index contributed by atoms with van der Waals surface area (Å²) in [5.74, 6) is -0.787. The average Bonchev–Trinajstić information content (AvgIpc) is 2.43. The molecule has 2 aromatic carbocycles. The van der Waals surface area contributed by atoms with E-state index in [2.05, 4.69) is 21.2 Å². The van der Waals surface area contributed by atoms with E-state index in [1.807, 2.05) is 0 Å². The van der Waals surface area contributed by atoms with Crippen LogP contribution in [0.25, 0.3) is 0 Å². The predicted molar refractivity (Wildman–Crippen MR) is 81.9 cm³/mol. The molecule has 0 aromatic heterocycles. The molecule has 6 nitrogen and oxygen atoms in total. The van der Waals surface area contributed by atoms with Crippen molar-refractivity contribution < 1.29 is 14.8 Å². The zero-order valence-corrected chi connectivity index (χ0v) is 12.7. The number of nitrogens with one attached hydrogen (secondary N) is 1. The number of hydrogen-bond acceptors (Lipinski definition) is 4. The van der Waals surface area contributed by atoms with Crippen molar-refractivity contribution in [1.29, 1.82) is 0 Å². The van der Waals surface area contributed by atoms with Crippen molar-refractivity contribution in [3.63, 3.8) is 0 Å². The molecule has 0 spiro atoms. The molecular formula is C13H8BrClN2O4. The molecule has 108 valence electrons. The molecule has 0 aliphatic heterocycles. The Bertz CT molecular complexity index is 736. The first-order chi connectivity index (χ1) is 9.88. The van der Waals surface area contributed by atoms with Crippen LogP contribution in [0.4, 0.5) is 11.4 Å². The molecule has 8 heteroatoms. The van der Waals surface area contributed by atoms with Crippen LogP contribution in [0.1, 0.15) is 10.4 Å². The number of non-ortho nitro benzene ring substituents is 1. The number of halogens is 2. The lowest BCUT2D eigenvalue weighted by Crippen LogP contribution is -2.12. The number of nitro benzene ring substituents is 1. The van der Waals surface area contributed by atoms with Crippen molar-refractivity contribution in [3.8, 4) is 5.75 Å². The summed E-state index contributed by atoms with van der Waals surface area (Å²) in [7, 11) is 0. The molecule has 0 aliphatic carbocycles. The van der Waals surface area contributed by atoms with E-state index in [-0.39, 0.29) is 22.7 Å². The number of benzene rings is 2. The average molecular weight is 372 g/mol. The summed E-state index contributed by atoms with van der Waals surface area (Å²) in [5, 5.41) is 23.2. The number of rotatable bonds is 3. The van der Waals surface area contributed by atoms with Crippen molar-refractivity contribution >= 4 is 44.8 Å². The highest BCUT2D eigenvalue weighted by molar-refractivity contribution is 9.10. The summed E-state index contributed by atoms with van der Waals surface area (Å²) in [6, 6.07) is 7.91. The van der Waals surface area contributed by atoms with Crippen molar-refractivity contribution in [2.45, 2.75) is 0 Å². The van der Waals surface area contributed by atoms with Crippen molar-refractivity contribution in [1.82, 2.24) is 0 Å². The van der Waals surface area contributed by atoms with Crippen LogP contribution in [0.2, 0.25) is 5.02 Å². The first-order valence-electron chi connectivity index (χ1n) is 5.62. The molecule has 0 radical (unpaired) electrons. The summed E-state index contributed by atoms with van der Waals surface area (Å²) in [5.41, 5.74) is 0.0119. The van der Waals surface area contributed by atoms with Gasteiger partial charge in [0, 0.05) is 22.2 Å². The van der Waals surface area contributed by atoms with E-state index in [9.17, 15) is 20.0 Å². The van der Waals surface area contributed by atoms with Gasteiger partial charge in [-0.15, -0.1) is 0 Å². The van der Waals surface area contributed by atoms with E-state index < -0.39 is 10.8 Å². The fourth-order valence-corrected chi connectivity index (χ4v) is 2.07. The second kappa shape index (κ2) is 6.11. The number of hydrogen-bond donors (Lipinski definition) is 2. The number of phenols is 1. The van der Waals surface area contributed by atoms with Crippen molar-refractivity contribution in [2.24, 2.45) is 0 Å².